The first-order valence-corrected chi connectivity index (χ1v) is 10.9. The summed E-state index contributed by atoms with van der Waals surface area (Å²) in [6, 6.07) is 10.8. The fraction of sp³-hybridized carbons (Fsp3) is 0.440. The number of carbonyl (C=O) groups excluding carboxylic acids is 2. The molecule has 3 rings (SSSR count). The lowest BCUT2D eigenvalue weighted by molar-refractivity contribution is -0.130. The van der Waals surface area contributed by atoms with Crippen LogP contribution in [0.3, 0.4) is 0 Å². The normalized spacial score (nSPS) is 15.6. The molecule has 5 nitrogen and oxygen atoms in total. The topological polar surface area (TPSA) is 52.7 Å². The molecular weight excluding hydrogens is 412 g/mol. The van der Waals surface area contributed by atoms with Crippen LogP contribution >= 0.6 is 0 Å². The number of benzene rings is 2. The monoisotopic (exact) mass is 443 g/mol. The summed E-state index contributed by atoms with van der Waals surface area (Å²) in [5.74, 6) is -0.907. The highest BCUT2D eigenvalue weighted by Crippen LogP contribution is 2.32. The summed E-state index contributed by atoms with van der Waals surface area (Å²) < 4.78 is 27.8. The van der Waals surface area contributed by atoms with Crippen LogP contribution < -0.4 is 10.2 Å². The summed E-state index contributed by atoms with van der Waals surface area (Å²) >= 11 is 0. The van der Waals surface area contributed by atoms with Gasteiger partial charge < -0.3 is 15.1 Å². The van der Waals surface area contributed by atoms with Gasteiger partial charge in [-0.1, -0.05) is 32.9 Å². The quantitative estimate of drug-likeness (QED) is 0.680. The highest BCUT2D eigenvalue weighted by Gasteiger charge is 2.28. The molecule has 1 aliphatic rings. The number of halogens is 2. The van der Waals surface area contributed by atoms with Crippen LogP contribution in [0.2, 0.25) is 0 Å². The van der Waals surface area contributed by atoms with Gasteiger partial charge in [0.05, 0.1) is 12.2 Å². The number of hydrogen-bond acceptors (Lipinski definition) is 4. The molecule has 1 heterocycles. The van der Waals surface area contributed by atoms with Crippen LogP contribution in [0, 0.1) is 17.0 Å². The van der Waals surface area contributed by atoms with Gasteiger partial charge in [-0.25, -0.2) is 8.78 Å². The van der Waals surface area contributed by atoms with Crippen molar-refractivity contribution in [2.24, 2.45) is 5.41 Å². The van der Waals surface area contributed by atoms with Gasteiger partial charge in [0, 0.05) is 37.8 Å². The summed E-state index contributed by atoms with van der Waals surface area (Å²) in [5.41, 5.74) is 1.56. The second-order valence-corrected chi connectivity index (χ2v) is 9.32. The zero-order valence-electron chi connectivity index (χ0n) is 19.1. The fourth-order valence-electron chi connectivity index (χ4n) is 4.06. The van der Waals surface area contributed by atoms with Crippen molar-refractivity contribution in [2.45, 2.75) is 33.7 Å². The number of piperazine rings is 1. The van der Waals surface area contributed by atoms with Gasteiger partial charge in [-0.2, -0.15) is 0 Å². The van der Waals surface area contributed by atoms with E-state index in [1.807, 2.05) is 4.90 Å². The number of ketones is 1. The van der Waals surface area contributed by atoms with Crippen LogP contribution in [-0.2, 0) is 4.79 Å². The van der Waals surface area contributed by atoms with Crippen molar-refractivity contribution in [1.82, 2.24) is 10.2 Å². The van der Waals surface area contributed by atoms with E-state index in [1.54, 1.807) is 29.2 Å². The standard InChI is InChI=1S/C25H31F2N3O2/c1-17(31)19-7-10-22(21(27)15-19)29-11-13-30(14-12-29)23(32)16-28-24(25(2,3)4)18-5-8-20(26)9-6-18/h5-10,15,24,28H,11-14,16H2,1-4H3. The van der Waals surface area contributed by atoms with Crippen molar-refractivity contribution in [1.29, 1.82) is 0 Å². The van der Waals surface area contributed by atoms with Gasteiger partial charge in [-0.15, -0.1) is 0 Å². The minimum absolute atomic E-state index is 0.0200. The van der Waals surface area contributed by atoms with E-state index in [1.165, 1.54) is 25.1 Å². The Morgan fingerprint density at radius 3 is 2.16 bits per heavy atom. The van der Waals surface area contributed by atoms with Crippen LogP contribution in [-0.4, -0.2) is 49.3 Å². The Morgan fingerprint density at radius 1 is 1.00 bits per heavy atom. The Bertz CT molecular complexity index is 962. The second kappa shape index (κ2) is 9.77. The summed E-state index contributed by atoms with van der Waals surface area (Å²) in [6.45, 7) is 9.81. The van der Waals surface area contributed by atoms with E-state index in [4.69, 9.17) is 0 Å². The zero-order valence-corrected chi connectivity index (χ0v) is 19.1. The number of hydrogen-bond donors (Lipinski definition) is 1. The third-order valence-corrected chi connectivity index (χ3v) is 5.85. The lowest BCUT2D eigenvalue weighted by Crippen LogP contribution is -2.51. The van der Waals surface area contributed by atoms with E-state index in [0.29, 0.717) is 37.4 Å². The maximum Gasteiger partial charge on any atom is 0.236 e. The molecule has 0 aromatic heterocycles. The summed E-state index contributed by atoms with van der Waals surface area (Å²) in [7, 11) is 0. The zero-order chi connectivity index (χ0) is 23.5. The fourth-order valence-corrected chi connectivity index (χ4v) is 4.06. The second-order valence-electron chi connectivity index (χ2n) is 9.32. The van der Waals surface area contributed by atoms with Crippen molar-refractivity contribution < 1.29 is 18.4 Å². The molecule has 1 fully saturated rings. The van der Waals surface area contributed by atoms with Crippen LogP contribution in [0.4, 0.5) is 14.5 Å². The first-order valence-electron chi connectivity index (χ1n) is 10.9. The third kappa shape index (κ3) is 5.71. The number of rotatable bonds is 6. The third-order valence-electron chi connectivity index (χ3n) is 5.85. The van der Waals surface area contributed by atoms with Crippen LogP contribution in [0.5, 0.6) is 0 Å². The molecule has 2 aromatic rings. The van der Waals surface area contributed by atoms with Gasteiger partial charge >= 0.3 is 0 Å². The van der Waals surface area contributed by atoms with Crippen molar-refractivity contribution in [3.63, 3.8) is 0 Å². The predicted molar refractivity (Wildman–Crippen MR) is 122 cm³/mol. The average Bonchev–Trinajstić information content (AvgIpc) is 2.74. The Morgan fingerprint density at radius 2 is 1.62 bits per heavy atom. The molecule has 172 valence electrons. The van der Waals surface area contributed by atoms with Crippen LogP contribution in [0.25, 0.3) is 0 Å². The first kappa shape index (κ1) is 23.9. The Balaban J connectivity index is 1.58. The largest absolute Gasteiger partial charge is 0.366 e. The highest BCUT2D eigenvalue weighted by molar-refractivity contribution is 5.94. The lowest BCUT2D eigenvalue weighted by atomic mass is 9.82. The van der Waals surface area contributed by atoms with Gasteiger partial charge in [0.1, 0.15) is 11.6 Å². The molecule has 1 unspecified atom stereocenters. The average molecular weight is 444 g/mol. The molecule has 0 saturated carbocycles. The SMILES string of the molecule is CC(=O)c1ccc(N2CCN(C(=O)CNC(c3ccc(F)cc3)C(C)(C)C)CC2)c(F)c1. The molecule has 0 radical (unpaired) electrons. The summed E-state index contributed by atoms with van der Waals surface area (Å²) in [4.78, 5) is 27.9. The molecule has 0 bridgehead atoms. The Kier molecular flexibility index (Phi) is 7.29. The maximum atomic E-state index is 14.5. The van der Waals surface area contributed by atoms with E-state index < -0.39 is 5.82 Å². The van der Waals surface area contributed by atoms with E-state index in [-0.39, 0.29) is 35.5 Å². The number of amides is 1. The number of anilines is 1. The molecule has 0 aliphatic carbocycles. The molecule has 32 heavy (non-hydrogen) atoms. The van der Waals surface area contributed by atoms with Crippen molar-refractivity contribution in [2.75, 3.05) is 37.6 Å². The van der Waals surface area contributed by atoms with Crippen LogP contribution in [0.1, 0.15) is 49.7 Å². The number of Topliss-reactive ketones (excluding diaryl/α,β-unsaturated/α-hetero) is 1. The number of carbonyl (C=O) groups is 2. The van der Waals surface area contributed by atoms with E-state index in [2.05, 4.69) is 26.1 Å². The van der Waals surface area contributed by atoms with Gasteiger partial charge in [-0.05, 0) is 48.2 Å². The number of nitrogens with zero attached hydrogens (tertiary/aromatic N) is 2. The van der Waals surface area contributed by atoms with Gasteiger partial charge in [0.15, 0.2) is 5.78 Å². The van der Waals surface area contributed by atoms with Crippen molar-refractivity contribution in [3.05, 3.63) is 65.2 Å². The van der Waals surface area contributed by atoms with Gasteiger partial charge in [0.2, 0.25) is 5.91 Å². The molecule has 1 N–H and O–H groups in total. The maximum absolute atomic E-state index is 14.5. The molecule has 2 aromatic carbocycles. The predicted octanol–water partition coefficient (Wildman–Crippen LogP) is 4.19. The minimum atomic E-state index is -0.425. The van der Waals surface area contributed by atoms with Gasteiger partial charge in [0.25, 0.3) is 0 Å². The van der Waals surface area contributed by atoms with Crippen molar-refractivity contribution in [3.8, 4) is 0 Å². The minimum Gasteiger partial charge on any atom is -0.366 e. The number of nitrogens with one attached hydrogen (secondary N) is 1. The van der Waals surface area contributed by atoms with Crippen molar-refractivity contribution >= 4 is 17.4 Å². The molecule has 1 amide bonds. The molecule has 1 aliphatic heterocycles. The molecule has 1 saturated heterocycles. The lowest BCUT2D eigenvalue weighted by Gasteiger charge is -2.37. The molecule has 1 atom stereocenters. The molecule has 7 heteroatoms. The first-order chi connectivity index (χ1) is 15.1. The Labute approximate surface area is 188 Å². The smallest absolute Gasteiger partial charge is 0.236 e. The van der Waals surface area contributed by atoms with Crippen LogP contribution in [0.15, 0.2) is 42.5 Å². The Hall–Kier alpha value is -2.80. The van der Waals surface area contributed by atoms with E-state index in [0.717, 1.165) is 5.56 Å². The van der Waals surface area contributed by atoms with Gasteiger partial charge in [-0.3, -0.25) is 9.59 Å². The van der Waals surface area contributed by atoms with E-state index in [9.17, 15) is 18.4 Å². The molecular formula is C25H31F2N3O2. The summed E-state index contributed by atoms with van der Waals surface area (Å²) in [6.07, 6.45) is 0. The highest BCUT2D eigenvalue weighted by atomic mass is 19.1. The molecule has 0 spiro atoms. The van der Waals surface area contributed by atoms with E-state index >= 15 is 0 Å². The summed E-state index contributed by atoms with van der Waals surface area (Å²) in [5, 5.41) is 3.34.